The third-order valence-corrected chi connectivity index (χ3v) is 10.4. The molecule has 0 fully saturated rings. The monoisotopic (exact) mass is 933 g/mol. The third-order valence-electron chi connectivity index (χ3n) is 10.4. The first-order chi connectivity index (χ1) is 31.7. The van der Waals surface area contributed by atoms with Crippen molar-refractivity contribution in [2.24, 2.45) is 14.1 Å². The number of carboxylic acids is 2. The molecule has 3 aromatic heterocycles. The van der Waals surface area contributed by atoms with Crippen LogP contribution in [0.3, 0.4) is 0 Å². The molecule has 3 heterocycles. The highest BCUT2D eigenvalue weighted by atomic mass is 19.4. The van der Waals surface area contributed by atoms with Crippen LogP contribution in [-0.2, 0) is 25.3 Å². The van der Waals surface area contributed by atoms with Crippen molar-refractivity contribution in [1.29, 1.82) is 0 Å². The van der Waals surface area contributed by atoms with Crippen LogP contribution in [0.4, 0.5) is 42.1 Å². The zero-order valence-corrected chi connectivity index (χ0v) is 35.3. The van der Waals surface area contributed by atoms with Gasteiger partial charge in [0.1, 0.15) is 52.1 Å². The van der Waals surface area contributed by atoms with E-state index in [0.717, 1.165) is 22.3 Å². The molecule has 5 N–H and O–H groups in total. The number of alkyl halides is 3. The Morgan fingerprint density at radius 1 is 0.731 bits per heavy atom. The molecule has 7 aromatic rings. The summed E-state index contributed by atoms with van der Waals surface area (Å²) in [5.41, 5.74) is -1.58. The third kappa shape index (κ3) is 10.8. The SMILES string of the molecule is C[C@H](Nc1cc(F)c(C(=O)N[C@@H](Cc2ccc(-c3cn(C)c(=O)n(C)c3=O)c3nccn23)C(=O)O)c(F)c1)c1ccccc1.O=C(O)c1c(F)cc(N[C@H](c2ccccc2)C(F)(F)F)cc1F. The molecule has 0 unspecified atom stereocenters. The van der Waals surface area contributed by atoms with Gasteiger partial charge < -0.3 is 35.1 Å². The highest BCUT2D eigenvalue weighted by Crippen LogP contribution is 2.36. The second kappa shape index (κ2) is 19.9. The number of anilines is 2. The van der Waals surface area contributed by atoms with Crippen molar-refractivity contribution in [3.05, 3.63) is 188 Å². The number of amides is 1. The Labute approximate surface area is 374 Å². The number of imidazole rings is 1. The highest BCUT2D eigenvalue weighted by molar-refractivity contribution is 5.97. The molecule has 0 aliphatic carbocycles. The second-order valence-corrected chi connectivity index (χ2v) is 15.0. The van der Waals surface area contributed by atoms with Crippen LogP contribution in [0, 0.1) is 23.3 Å². The molecule has 21 heteroatoms. The number of carbonyl (C=O) groups excluding carboxylic acids is 1. The normalized spacial score (nSPS) is 12.6. The minimum atomic E-state index is -4.72. The van der Waals surface area contributed by atoms with Crippen molar-refractivity contribution < 1.29 is 55.3 Å². The Morgan fingerprint density at radius 2 is 1.27 bits per heavy atom. The summed E-state index contributed by atoms with van der Waals surface area (Å²) in [6.45, 7) is 1.81. The lowest BCUT2D eigenvalue weighted by atomic mass is 10.1. The fourth-order valence-electron chi connectivity index (χ4n) is 7.05. The topological polar surface area (TPSA) is 189 Å². The highest BCUT2D eigenvalue weighted by Gasteiger charge is 2.41. The van der Waals surface area contributed by atoms with E-state index in [4.69, 9.17) is 5.11 Å². The maximum atomic E-state index is 15.0. The van der Waals surface area contributed by atoms with Crippen LogP contribution in [0.15, 0.2) is 125 Å². The smallest absolute Gasteiger partial charge is 0.412 e. The molecule has 0 aliphatic heterocycles. The zero-order chi connectivity index (χ0) is 48.9. The molecule has 348 valence electrons. The summed E-state index contributed by atoms with van der Waals surface area (Å²) in [4.78, 5) is 65.1. The molecule has 0 aliphatic rings. The van der Waals surface area contributed by atoms with Crippen LogP contribution in [-0.4, -0.2) is 58.8 Å². The molecule has 67 heavy (non-hydrogen) atoms. The van der Waals surface area contributed by atoms with Crippen LogP contribution >= 0.6 is 0 Å². The Hall–Kier alpha value is -8.23. The Bertz CT molecular complexity index is 3060. The van der Waals surface area contributed by atoms with E-state index in [0.29, 0.717) is 29.0 Å². The number of rotatable bonds is 13. The minimum absolute atomic E-state index is 0.110. The first kappa shape index (κ1) is 48.2. The van der Waals surface area contributed by atoms with Crippen LogP contribution in [0.5, 0.6) is 0 Å². The van der Waals surface area contributed by atoms with E-state index < -0.39 is 87.4 Å². The average molecular weight is 934 g/mol. The second-order valence-electron chi connectivity index (χ2n) is 15.0. The number of hydrogen-bond acceptors (Lipinski definition) is 8. The van der Waals surface area contributed by atoms with Crippen molar-refractivity contribution in [3.8, 4) is 11.1 Å². The number of nitrogens with one attached hydrogen (secondary N) is 3. The molecular formula is C46H38F7N7O7. The van der Waals surface area contributed by atoms with Crippen LogP contribution in [0.25, 0.3) is 16.8 Å². The number of hydrogen-bond donors (Lipinski definition) is 5. The summed E-state index contributed by atoms with van der Waals surface area (Å²) in [7, 11) is 2.86. The van der Waals surface area contributed by atoms with Crippen molar-refractivity contribution in [3.63, 3.8) is 0 Å². The maximum absolute atomic E-state index is 15.0. The first-order valence-corrected chi connectivity index (χ1v) is 19.8. The standard InChI is InChI=1S/C31H28F2N6O5.C15H10F5NO2/c1-17(18-7-5-4-6-8-18)35-19-13-23(32)26(24(33)14-19)28(40)36-25(30(42)43)15-20-9-10-21(27-34-11-12-39(20)27)22-16-37(2)31(44)38(3)29(22)41;16-10-6-9(7-11(17)12(10)14(22)23)21-13(15(18,19)20)8-4-2-1-3-5-8/h4-14,16-17,25,35H,15H2,1-3H3,(H,36,40)(H,42,43);1-7,13,21H,(H,22,23)/t17-,25-;13-/m01/s1. The molecule has 0 bridgehead atoms. The van der Waals surface area contributed by atoms with Gasteiger partial charge in [-0.3, -0.25) is 14.2 Å². The Morgan fingerprint density at radius 3 is 1.81 bits per heavy atom. The summed E-state index contributed by atoms with van der Waals surface area (Å²) in [6.07, 6.45) is -0.622. The van der Waals surface area contributed by atoms with E-state index in [1.54, 1.807) is 18.3 Å². The Kier molecular flexibility index (Phi) is 14.3. The summed E-state index contributed by atoms with van der Waals surface area (Å²) < 4.78 is 100. The van der Waals surface area contributed by atoms with Gasteiger partial charge >= 0.3 is 23.8 Å². The van der Waals surface area contributed by atoms with Gasteiger partial charge in [0.05, 0.1) is 5.56 Å². The quantitative estimate of drug-likeness (QED) is 0.0719. The molecule has 1 amide bonds. The van der Waals surface area contributed by atoms with Gasteiger partial charge in [0.25, 0.3) is 11.5 Å². The number of halogens is 7. The number of benzene rings is 4. The maximum Gasteiger partial charge on any atom is 0.412 e. The van der Waals surface area contributed by atoms with Gasteiger partial charge in [0, 0.05) is 67.8 Å². The number of carbonyl (C=O) groups is 3. The molecule has 14 nitrogen and oxygen atoms in total. The Balaban J connectivity index is 0.000000271. The number of aryl methyl sites for hydroxylation is 1. The van der Waals surface area contributed by atoms with E-state index in [2.05, 4.69) is 15.6 Å². The summed E-state index contributed by atoms with van der Waals surface area (Å²) in [5, 5.41) is 25.7. The summed E-state index contributed by atoms with van der Waals surface area (Å²) in [6, 6.07) is 18.0. The lowest BCUT2D eigenvalue weighted by Crippen LogP contribution is -2.43. The van der Waals surface area contributed by atoms with E-state index >= 15 is 8.78 Å². The van der Waals surface area contributed by atoms with Crippen molar-refractivity contribution >= 4 is 34.9 Å². The van der Waals surface area contributed by atoms with Crippen molar-refractivity contribution in [2.45, 2.75) is 37.6 Å². The molecule has 0 saturated carbocycles. The molecule has 3 atom stereocenters. The minimum Gasteiger partial charge on any atom is -0.480 e. The summed E-state index contributed by atoms with van der Waals surface area (Å²) >= 11 is 0. The molecule has 4 aromatic carbocycles. The van der Waals surface area contributed by atoms with E-state index in [-0.39, 0.29) is 29.3 Å². The van der Waals surface area contributed by atoms with Crippen LogP contribution < -0.4 is 27.2 Å². The van der Waals surface area contributed by atoms with Gasteiger partial charge in [0.2, 0.25) is 0 Å². The van der Waals surface area contributed by atoms with Crippen molar-refractivity contribution in [2.75, 3.05) is 10.6 Å². The van der Waals surface area contributed by atoms with Gasteiger partial charge in [-0.2, -0.15) is 13.2 Å². The molecule has 7 rings (SSSR count). The van der Waals surface area contributed by atoms with E-state index in [1.165, 1.54) is 65.8 Å². The van der Waals surface area contributed by atoms with Gasteiger partial charge in [-0.05, 0) is 54.4 Å². The fourth-order valence-corrected chi connectivity index (χ4v) is 7.05. The number of carboxylic acid groups (broad SMARTS) is 2. The molecule has 0 radical (unpaired) electrons. The fraction of sp³-hybridized carbons (Fsp3) is 0.174. The molecule has 0 saturated heterocycles. The number of pyridine rings is 1. The number of fused-ring (bicyclic) bond motifs is 1. The van der Waals surface area contributed by atoms with Gasteiger partial charge in [0.15, 0.2) is 0 Å². The van der Waals surface area contributed by atoms with Crippen molar-refractivity contribution in [1.82, 2.24) is 23.8 Å². The molecule has 0 spiro atoms. The summed E-state index contributed by atoms with van der Waals surface area (Å²) in [5.74, 6) is -9.75. The number of aliphatic carboxylic acids is 1. The van der Waals surface area contributed by atoms with Gasteiger partial charge in [-0.1, -0.05) is 60.7 Å². The van der Waals surface area contributed by atoms with Gasteiger partial charge in [-0.25, -0.2) is 36.9 Å². The number of aromatic carboxylic acids is 1. The number of nitrogens with zero attached hydrogens (tertiary/aromatic N) is 4. The predicted octanol–water partition coefficient (Wildman–Crippen LogP) is 7.65. The predicted molar refractivity (Wildman–Crippen MR) is 231 cm³/mol. The average Bonchev–Trinajstić information content (AvgIpc) is 3.77. The lowest BCUT2D eigenvalue weighted by molar-refractivity contribution is -0.144. The first-order valence-electron chi connectivity index (χ1n) is 19.8. The van der Waals surface area contributed by atoms with E-state index in [1.807, 2.05) is 42.6 Å². The van der Waals surface area contributed by atoms with Crippen LogP contribution in [0.1, 0.15) is 56.5 Å². The zero-order valence-electron chi connectivity index (χ0n) is 35.3. The molecular weight excluding hydrogens is 896 g/mol. The van der Waals surface area contributed by atoms with Gasteiger partial charge in [-0.15, -0.1) is 0 Å². The van der Waals surface area contributed by atoms with Crippen LogP contribution in [0.2, 0.25) is 0 Å². The number of aromatic nitrogens is 4. The van der Waals surface area contributed by atoms with E-state index in [9.17, 15) is 51.0 Å². The largest absolute Gasteiger partial charge is 0.480 e. The lowest BCUT2D eigenvalue weighted by Gasteiger charge is -2.23.